The van der Waals surface area contributed by atoms with E-state index in [0.29, 0.717) is 5.88 Å². The lowest BCUT2D eigenvalue weighted by molar-refractivity contribution is 0.202. The molecule has 0 aromatic heterocycles. The van der Waals surface area contributed by atoms with Gasteiger partial charge in [0.15, 0.2) is 0 Å². The van der Waals surface area contributed by atoms with Crippen molar-refractivity contribution in [1.29, 1.82) is 0 Å². The van der Waals surface area contributed by atoms with Crippen molar-refractivity contribution in [2.45, 2.75) is 12.5 Å². The molecule has 3 heteroatoms. The van der Waals surface area contributed by atoms with E-state index in [1.165, 1.54) is 0 Å². The molecule has 0 saturated heterocycles. The van der Waals surface area contributed by atoms with Crippen LogP contribution in [0.15, 0.2) is 84.9 Å². The SMILES string of the molecule is ClCCC(Oc1ccc(Oc2ccccc2)cc1)c1ccccc1. The number of alkyl halides is 1. The third kappa shape index (κ3) is 4.53. The summed E-state index contributed by atoms with van der Waals surface area (Å²) in [6, 6.07) is 27.5. The molecular formula is C21H19ClO2. The summed E-state index contributed by atoms with van der Waals surface area (Å²) in [5, 5.41) is 0. The fourth-order valence-electron chi connectivity index (χ4n) is 2.44. The standard InChI is InChI=1S/C21H19ClO2/c22-16-15-21(17-7-3-1-4-8-17)24-20-13-11-19(12-14-20)23-18-9-5-2-6-10-18/h1-14,21H,15-16H2. The summed E-state index contributed by atoms with van der Waals surface area (Å²) < 4.78 is 11.9. The third-order valence-electron chi connectivity index (χ3n) is 3.62. The molecule has 1 unspecified atom stereocenters. The van der Waals surface area contributed by atoms with Crippen molar-refractivity contribution in [3.8, 4) is 17.2 Å². The first kappa shape index (κ1) is 16.4. The van der Waals surface area contributed by atoms with Crippen molar-refractivity contribution in [3.63, 3.8) is 0 Å². The maximum absolute atomic E-state index is 6.11. The average Bonchev–Trinajstić information content (AvgIpc) is 2.64. The van der Waals surface area contributed by atoms with E-state index >= 15 is 0 Å². The molecule has 0 aliphatic heterocycles. The van der Waals surface area contributed by atoms with Crippen LogP contribution in [0.5, 0.6) is 17.2 Å². The Morgan fingerprint density at radius 3 is 1.83 bits per heavy atom. The van der Waals surface area contributed by atoms with E-state index in [4.69, 9.17) is 21.1 Å². The van der Waals surface area contributed by atoms with Crippen LogP contribution < -0.4 is 9.47 Å². The highest BCUT2D eigenvalue weighted by atomic mass is 35.5. The highest BCUT2D eigenvalue weighted by molar-refractivity contribution is 6.17. The molecule has 1 atom stereocenters. The van der Waals surface area contributed by atoms with Gasteiger partial charge in [-0.05, 0) is 42.0 Å². The second-order valence-electron chi connectivity index (χ2n) is 5.38. The van der Waals surface area contributed by atoms with Gasteiger partial charge in [-0.2, -0.15) is 0 Å². The molecule has 0 bridgehead atoms. The van der Waals surface area contributed by atoms with Crippen LogP contribution >= 0.6 is 11.6 Å². The van der Waals surface area contributed by atoms with Crippen LogP contribution in [-0.4, -0.2) is 5.88 Å². The van der Waals surface area contributed by atoms with Crippen LogP contribution in [0.1, 0.15) is 18.1 Å². The fraction of sp³-hybridized carbons (Fsp3) is 0.143. The van der Waals surface area contributed by atoms with E-state index in [-0.39, 0.29) is 6.10 Å². The van der Waals surface area contributed by atoms with E-state index in [2.05, 4.69) is 12.1 Å². The van der Waals surface area contributed by atoms with Gasteiger partial charge >= 0.3 is 0 Å². The smallest absolute Gasteiger partial charge is 0.127 e. The van der Waals surface area contributed by atoms with Crippen LogP contribution in [0.25, 0.3) is 0 Å². The molecule has 0 N–H and O–H groups in total. The third-order valence-corrected chi connectivity index (χ3v) is 3.84. The van der Waals surface area contributed by atoms with Gasteiger partial charge in [0.1, 0.15) is 23.4 Å². The number of hydrogen-bond donors (Lipinski definition) is 0. The first-order valence-electron chi connectivity index (χ1n) is 7.95. The minimum absolute atomic E-state index is 0.0513. The topological polar surface area (TPSA) is 18.5 Å². The molecular weight excluding hydrogens is 320 g/mol. The van der Waals surface area contributed by atoms with Crippen molar-refractivity contribution in [3.05, 3.63) is 90.5 Å². The van der Waals surface area contributed by atoms with Gasteiger partial charge in [0.05, 0.1) is 0 Å². The second-order valence-corrected chi connectivity index (χ2v) is 5.76. The molecule has 3 rings (SSSR count). The largest absolute Gasteiger partial charge is 0.486 e. The molecule has 2 nitrogen and oxygen atoms in total. The molecule has 24 heavy (non-hydrogen) atoms. The van der Waals surface area contributed by atoms with Gasteiger partial charge in [-0.1, -0.05) is 48.5 Å². The van der Waals surface area contributed by atoms with Gasteiger partial charge in [0.25, 0.3) is 0 Å². The molecule has 0 spiro atoms. The van der Waals surface area contributed by atoms with Crippen molar-refractivity contribution in [1.82, 2.24) is 0 Å². The van der Waals surface area contributed by atoms with Crippen LogP contribution in [0, 0.1) is 0 Å². The molecule has 0 aliphatic rings. The Morgan fingerprint density at radius 2 is 1.21 bits per heavy atom. The Bertz CT molecular complexity index is 727. The Hall–Kier alpha value is -2.45. The Morgan fingerprint density at radius 1 is 0.667 bits per heavy atom. The molecule has 0 fully saturated rings. The van der Waals surface area contributed by atoms with Crippen LogP contribution in [-0.2, 0) is 0 Å². The van der Waals surface area contributed by atoms with Gasteiger partial charge < -0.3 is 9.47 Å². The van der Waals surface area contributed by atoms with Gasteiger partial charge in [-0.15, -0.1) is 11.6 Å². The number of halogens is 1. The van der Waals surface area contributed by atoms with E-state index in [1.807, 2.05) is 72.8 Å². The van der Waals surface area contributed by atoms with Crippen molar-refractivity contribution < 1.29 is 9.47 Å². The lowest BCUT2D eigenvalue weighted by atomic mass is 10.1. The normalized spacial score (nSPS) is 11.7. The van der Waals surface area contributed by atoms with Crippen molar-refractivity contribution >= 4 is 11.6 Å². The quantitative estimate of drug-likeness (QED) is 0.475. The van der Waals surface area contributed by atoms with E-state index in [9.17, 15) is 0 Å². The molecule has 3 aromatic carbocycles. The van der Waals surface area contributed by atoms with E-state index < -0.39 is 0 Å². The Labute approximate surface area is 147 Å². The predicted octanol–water partition coefficient (Wildman–Crippen LogP) is 6.23. The van der Waals surface area contributed by atoms with Crippen molar-refractivity contribution in [2.75, 3.05) is 5.88 Å². The molecule has 0 aliphatic carbocycles. The molecule has 0 radical (unpaired) electrons. The maximum Gasteiger partial charge on any atom is 0.127 e. The fourth-order valence-corrected chi connectivity index (χ4v) is 2.63. The number of para-hydroxylation sites is 1. The van der Waals surface area contributed by atoms with Gasteiger partial charge in [0, 0.05) is 12.3 Å². The summed E-state index contributed by atoms with van der Waals surface area (Å²) in [4.78, 5) is 0. The lowest BCUT2D eigenvalue weighted by Crippen LogP contribution is -2.08. The zero-order valence-electron chi connectivity index (χ0n) is 13.3. The first-order valence-corrected chi connectivity index (χ1v) is 8.49. The lowest BCUT2D eigenvalue weighted by Gasteiger charge is -2.19. The zero-order chi connectivity index (χ0) is 16.6. The van der Waals surface area contributed by atoms with Crippen molar-refractivity contribution in [2.24, 2.45) is 0 Å². The molecule has 0 saturated carbocycles. The molecule has 3 aromatic rings. The first-order chi connectivity index (χ1) is 11.8. The number of hydrogen-bond acceptors (Lipinski definition) is 2. The monoisotopic (exact) mass is 338 g/mol. The Balaban J connectivity index is 1.68. The maximum atomic E-state index is 6.11. The van der Waals surface area contributed by atoms with Gasteiger partial charge in [-0.25, -0.2) is 0 Å². The molecule has 0 heterocycles. The second kappa shape index (κ2) is 8.42. The minimum atomic E-state index is -0.0513. The van der Waals surface area contributed by atoms with E-state index in [0.717, 1.165) is 29.2 Å². The van der Waals surface area contributed by atoms with Crippen LogP contribution in [0.4, 0.5) is 0 Å². The minimum Gasteiger partial charge on any atom is -0.486 e. The number of benzene rings is 3. The number of rotatable bonds is 7. The zero-order valence-corrected chi connectivity index (χ0v) is 14.0. The summed E-state index contributed by atoms with van der Waals surface area (Å²) in [5.41, 5.74) is 1.13. The summed E-state index contributed by atoms with van der Waals surface area (Å²) >= 11 is 5.93. The number of ether oxygens (including phenoxy) is 2. The molecule has 122 valence electrons. The van der Waals surface area contributed by atoms with Crippen LogP contribution in [0.2, 0.25) is 0 Å². The summed E-state index contributed by atoms with van der Waals surface area (Å²) in [7, 11) is 0. The summed E-state index contributed by atoms with van der Waals surface area (Å²) in [5.74, 6) is 2.95. The summed E-state index contributed by atoms with van der Waals surface area (Å²) in [6.07, 6.45) is 0.706. The highest BCUT2D eigenvalue weighted by Gasteiger charge is 2.12. The highest BCUT2D eigenvalue weighted by Crippen LogP contribution is 2.28. The molecule has 0 amide bonds. The summed E-state index contributed by atoms with van der Waals surface area (Å²) in [6.45, 7) is 0. The van der Waals surface area contributed by atoms with E-state index in [1.54, 1.807) is 0 Å². The van der Waals surface area contributed by atoms with Crippen LogP contribution in [0.3, 0.4) is 0 Å². The average molecular weight is 339 g/mol. The van der Waals surface area contributed by atoms with Gasteiger partial charge in [0.2, 0.25) is 0 Å². The Kier molecular flexibility index (Phi) is 5.75. The van der Waals surface area contributed by atoms with Gasteiger partial charge in [-0.3, -0.25) is 0 Å². The predicted molar refractivity (Wildman–Crippen MR) is 98.1 cm³/mol.